The van der Waals surface area contributed by atoms with E-state index in [1.807, 2.05) is 0 Å². The average molecular weight is 616 g/mol. The molecule has 0 amide bonds. The van der Waals surface area contributed by atoms with Crippen LogP contribution in [0, 0.1) is 0 Å². The molecule has 0 nitrogen and oxygen atoms in total. The van der Waals surface area contributed by atoms with E-state index in [2.05, 4.69) is 88.3 Å². The summed E-state index contributed by atoms with van der Waals surface area (Å²) in [5.74, 6) is 0. The first-order valence-electron chi connectivity index (χ1n) is 14.3. The Bertz CT molecular complexity index is 1120. The van der Waals surface area contributed by atoms with Crippen LogP contribution in [0.3, 0.4) is 0 Å². The summed E-state index contributed by atoms with van der Waals surface area (Å²) >= 11 is -5.63. The fourth-order valence-electron chi connectivity index (χ4n) is 8.66. The molecule has 0 aliphatic heterocycles. The second-order valence-corrected chi connectivity index (χ2v) is 132. The van der Waals surface area contributed by atoms with Crippen LogP contribution in [0.4, 0.5) is 0 Å². The molecule has 1 unspecified atom stereocenters. The molecule has 0 bridgehead atoms. The Hall–Kier alpha value is -0.690. The summed E-state index contributed by atoms with van der Waals surface area (Å²) in [4.78, 5) is 0. The number of aryl methyl sites for hydroxylation is 2. The van der Waals surface area contributed by atoms with Crippen LogP contribution < -0.4 is 0 Å². The summed E-state index contributed by atoms with van der Waals surface area (Å²) in [6.45, 7) is 2.32. The molecule has 3 aliphatic carbocycles. The maximum absolute atomic E-state index is 5.63. The molecule has 3 aliphatic rings. The molecule has 0 saturated carbocycles. The number of hydrogen-bond donors (Lipinski definition) is 0. The number of hydrogen-bond acceptors (Lipinski definition) is 0. The standard InChI is InChI=1S/C20H27.C5H5.7CH3.Hf/c1-2-3-4-5-6-7-9-16-12-13-19-14-17-10-8-11-18(17)15-20(16)19;1-2-4-5-3-1;;;;;;;;/h12-15H,2-11H2,1H3;1-5H;7*1H3;. The van der Waals surface area contributed by atoms with Crippen LogP contribution in [0.25, 0.3) is 6.08 Å². The quantitative estimate of drug-likeness (QED) is 0.191. The van der Waals surface area contributed by atoms with E-state index in [-0.39, 0.29) is 3.17 Å². The van der Waals surface area contributed by atoms with Gasteiger partial charge in [0.15, 0.2) is 0 Å². The molecule has 0 heterocycles. The molecule has 33 heavy (non-hydrogen) atoms. The summed E-state index contributed by atoms with van der Waals surface area (Å²) in [5.41, 5.74) is 6.38. The molecule has 0 fully saturated rings. The topological polar surface area (TPSA) is 0 Å². The zero-order valence-corrected chi connectivity index (χ0v) is 26.9. The normalized spacial score (nSPS) is 28.3. The molecule has 1 atom stereocenters. The first kappa shape index (κ1) is 25.4. The summed E-state index contributed by atoms with van der Waals surface area (Å²) in [6, 6.07) is 5.24. The predicted octanol–water partition coefficient (Wildman–Crippen LogP) is 11.2. The van der Waals surface area contributed by atoms with E-state index in [1.54, 1.807) is 16.7 Å². The number of unbranched alkanes of at least 4 members (excludes halogenated alkanes) is 5. The number of allylic oxidation sites excluding steroid dienone is 5. The molecule has 1 heteroatoms. The van der Waals surface area contributed by atoms with Gasteiger partial charge < -0.3 is 0 Å². The summed E-state index contributed by atoms with van der Waals surface area (Å²) in [5, 5.41) is 0. The van der Waals surface area contributed by atoms with Gasteiger partial charge in [-0.2, -0.15) is 0 Å². The van der Waals surface area contributed by atoms with Crippen molar-refractivity contribution in [2.45, 2.75) is 111 Å². The summed E-state index contributed by atoms with van der Waals surface area (Å²) in [6.07, 6.45) is 28.1. The van der Waals surface area contributed by atoms with Gasteiger partial charge in [-0.15, -0.1) is 0 Å². The van der Waals surface area contributed by atoms with Gasteiger partial charge >= 0.3 is 194 Å². The van der Waals surface area contributed by atoms with E-state index in [4.69, 9.17) is 0 Å². The van der Waals surface area contributed by atoms with Crippen molar-refractivity contribution in [2.24, 2.45) is 0 Å². The van der Waals surface area contributed by atoms with Crippen molar-refractivity contribution in [1.29, 1.82) is 0 Å². The molecule has 0 saturated heterocycles. The first-order chi connectivity index (χ1) is 14.7. The predicted molar refractivity (Wildman–Crippen MR) is 150 cm³/mol. The van der Waals surface area contributed by atoms with Gasteiger partial charge in [0.1, 0.15) is 0 Å². The van der Waals surface area contributed by atoms with Crippen LogP contribution in [-0.4, -0.2) is 0 Å². The van der Waals surface area contributed by atoms with E-state index >= 15 is 0 Å². The first-order valence-corrected chi connectivity index (χ1v) is 43.3. The number of rotatable bonds is 9. The van der Waals surface area contributed by atoms with Gasteiger partial charge in [-0.3, -0.25) is 0 Å². The third-order valence-electron chi connectivity index (χ3n) is 11.8. The van der Waals surface area contributed by atoms with Gasteiger partial charge in [0.05, 0.1) is 0 Å². The van der Waals surface area contributed by atoms with Crippen LogP contribution >= 0.6 is 0 Å². The fourth-order valence-corrected chi connectivity index (χ4v) is 42.4. The Morgan fingerprint density at radius 3 is 2.00 bits per heavy atom. The van der Waals surface area contributed by atoms with Crippen molar-refractivity contribution < 1.29 is 12.6 Å². The van der Waals surface area contributed by atoms with Gasteiger partial charge in [0.25, 0.3) is 0 Å². The monoisotopic (exact) mass is 617 g/mol. The average Bonchev–Trinajstić information content (AvgIpc) is 3.41. The van der Waals surface area contributed by atoms with Crippen molar-refractivity contribution in [2.75, 3.05) is 0 Å². The van der Waals surface area contributed by atoms with Gasteiger partial charge in [0, 0.05) is 0 Å². The second-order valence-electron chi connectivity index (χ2n) is 22.6. The number of benzene rings is 1. The van der Waals surface area contributed by atoms with Crippen LogP contribution in [0.2, 0.25) is 36.4 Å². The molecule has 0 radical (unpaired) electrons. The van der Waals surface area contributed by atoms with Crippen molar-refractivity contribution in [3.8, 4) is 0 Å². The molecule has 185 valence electrons. The minimum atomic E-state index is -5.63. The molecule has 1 aromatic rings. The molecule has 0 spiro atoms. The summed E-state index contributed by atoms with van der Waals surface area (Å²) in [7, 11) is 0. The van der Waals surface area contributed by atoms with Crippen LogP contribution in [0.1, 0.15) is 80.5 Å². The molecular weight excluding hydrogens is 563 g/mol. The zero-order chi connectivity index (χ0) is 24.4. The van der Waals surface area contributed by atoms with Crippen molar-refractivity contribution in [3.63, 3.8) is 0 Å². The van der Waals surface area contributed by atoms with E-state index in [1.165, 1.54) is 69.8 Å². The van der Waals surface area contributed by atoms with E-state index in [9.17, 15) is 0 Å². The Kier molecular flexibility index (Phi) is 4.01. The van der Waals surface area contributed by atoms with Crippen molar-refractivity contribution in [1.82, 2.24) is 0 Å². The Morgan fingerprint density at radius 2 is 1.36 bits per heavy atom. The van der Waals surface area contributed by atoms with Gasteiger partial charge in [-0.05, 0) is 0 Å². The van der Waals surface area contributed by atoms with Crippen LogP contribution in [0.15, 0.2) is 42.5 Å². The third-order valence-corrected chi connectivity index (χ3v) is 57.9. The molecule has 4 rings (SSSR count). The molecular formula is C32H53Hf. The Labute approximate surface area is 193 Å². The number of fused-ring (bicyclic) bond motifs is 2. The molecule has 0 aromatic heterocycles. The third kappa shape index (κ3) is 3.37. The fraction of sp³-hybridized carbons (Fsp3) is 0.625. The van der Waals surface area contributed by atoms with E-state index in [0.717, 1.165) is 0 Å². The zero-order valence-electron chi connectivity index (χ0n) is 23.3. The van der Waals surface area contributed by atoms with Crippen LogP contribution in [0.5, 0.6) is 0 Å². The maximum atomic E-state index is 2.79. The second kappa shape index (κ2) is 5.21. The van der Waals surface area contributed by atoms with Crippen molar-refractivity contribution >= 4 is 6.08 Å². The van der Waals surface area contributed by atoms with Crippen molar-refractivity contribution in [3.05, 3.63) is 64.8 Å². The van der Waals surface area contributed by atoms with E-state index in [0.29, 0.717) is 3.67 Å². The summed E-state index contributed by atoms with van der Waals surface area (Å²) < 4.78 is 20.0. The Morgan fingerprint density at radius 1 is 0.788 bits per heavy atom. The minimum absolute atomic E-state index is 0.0168. The molecule has 1 aromatic carbocycles. The van der Waals surface area contributed by atoms with Gasteiger partial charge in [0.2, 0.25) is 0 Å². The van der Waals surface area contributed by atoms with Crippen LogP contribution in [-0.2, 0) is 28.6 Å². The van der Waals surface area contributed by atoms with Gasteiger partial charge in [-0.1, -0.05) is 0 Å². The molecule has 0 N–H and O–H groups in total. The van der Waals surface area contributed by atoms with Gasteiger partial charge in [-0.25, -0.2) is 0 Å². The SMILES string of the molecule is CCCCCCCC[C]1([Hf]([CH3])([CH3])([CH3])([CH3])([CH3])([CH3])([CH3])[CH]2C=CC=C2)C=Cc2cc3c(cc21)CCC3. The van der Waals surface area contributed by atoms with E-state index < -0.39 is 12.6 Å². The Balaban J connectivity index is 1.97.